The Morgan fingerprint density at radius 2 is 2.30 bits per heavy atom. The molecule has 20 heavy (non-hydrogen) atoms. The van der Waals surface area contributed by atoms with E-state index in [4.69, 9.17) is 0 Å². The number of hydrogen-bond donors (Lipinski definition) is 0. The van der Waals surface area contributed by atoms with Gasteiger partial charge in [-0.3, -0.25) is 4.90 Å². The molecule has 108 valence electrons. The number of aryl methyl sites for hydroxylation is 2. The Morgan fingerprint density at radius 1 is 1.40 bits per heavy atom. The van der Waals surface area contributed by atoms with Crippen molar-refractivity contribution in [3.63, 3.8) is 0 Å². The molecule has 0 spiro atoms. The summed E-state index contributed by atoms with van der Waals surface area (Å²) in [6.07, 6.45) is 3.76. The Balaban J connectivity index is 1.59. The fourth-order valence-corrected chi connectivity index (χ4v) is 3.74. The van der Waals surface area contributed by atoms with E-state index in [1.54, 1.807) is 0 Å². The smallest absolute Gasteiger partial charge is 0.147 e. The first kappa shape index (κ1) is 13.8. The van der Waals surface area contributed by atoms with Crippen molar-refractivity contribution in [2.24, 2.45) is 0 Å². The molecule has 1 aliphatic rings. The summed E-state index contributed by atoms with van der Waals surface area (Å²) in [7, 11) is 0. The minimum Gasteiger partial charge on any atom is -0.298 e. The van der Waals surface area contributed by atoms with Gasteiger partial charge in [-0.2, -0.15) is 5.10 Å². The molecule has 0 aliphatic carbocycles. The van der Waals surface area contributed by atoms with Gasteiger partial charge in [-0.05, 0) is 51.1 Å². The van der Waals surface area contributed by atoms with Crippen molar-refractivity contribution in [3.05, 3.63) is 34.0 Å². The van der Waals surface area contributed by atoms with E-state index in [-0.39, 0.29) is 0 Å². The van der Waals surface area contributed by atoms with Gasteiger partial charge in [0.05, 0.1) is 6.54 Å². The topological polar surface area (TPSA) is 34.0 Å². The highest BCUT2D eigenvalue weighted by atomic mass is 32.1. The molecule has 0 unspecified atom stereocenters. The van der Waals surface area contributed by atoms with Gasteiger partial charge in [0.1, 0.15) is 11.6 Å². The fraction of sp³-hybridized carbons (Fsp3) is 0.600. The van der Waals surface area contributed by atoms with Gasteiger partial charge >= 0.3 is 0 Å². The van der Waals surface area contributed by atoms with Crippen LogP contribution < -0.4 is 0 Å². The molecule has 4 nitrogen and oxygen atoms in total. The molecular formula is C15H22N4S. The highest BCUT2D eigenvalue weighted by Gasteiger charge is 2.25. The van der Waals surface area contributed by atoms with Gasteiger partial charge in [-0.15, -0.1) is 11.3 Å². The SMILES string of the molecule is Cc1nc(C)n(C[C@H]2CCCN2CCc2cccs2)n1. The molecule has 3 rings (SSSR count). The zero-order valence-corrected chi connectivity index (χ0v) is 13.1. The molecule has 0 radical (unpaired) electrons. The van der Waals surface area contributed by atoms with Gasteiger partial charge in [-0.1, -0.05) is 6.07 Å². The standard InChI is InChI=1S/C15H22N4S/c1-12-16-13(2)19(17-12)11-14-5-3-8-18(14)9-7-15-6-4-10-20-15/h4,6,10,14H,3,5,7-9,11H2,1-2H3/t14-/m1/s1. The largest absolute Gasteiger partial charge is 0.298 e. The number of likely N-dealkylation sites (tertiary alicyclic amines) is 1. The Kier molecular flexibility index (Phi) is 4.17. The lowest BCUT2D eigenvalue weighted by molar-refractivity contribution is 0.228. The van der Waals surface area contributed by atoms with Gasteiger partial charge in [0, 0.05) is 17.5 Å². The highest BCUT2D eigenvalue weighted by Crippen LogP contribution is 2.20. The average molecular weight is 290 g/mol. The first-order valence-electron chi connectivity index (χ1n) is 7.37. The van der Waals surface area contributed by atoms with Gasteiger partial charge in [0.15, 0.2) is 0 Å². The van der Waals surface area contributed by atoms with Crippen molar-refractivity contribution in [1.82, 2.24) is 19.7 Å². The fourth-order valence-electron chi connectivity index (χ4n) is 3.04. The second-order valence-corrected chi connectivity index (χ2v) is 6.58. The number of aromatic nitrogens is 3. The van der Waals surface area contributed by atoms with Crippen molar-refractivity contribution in [3.8, 4) is 0 Å². The summed E-state index contributed by atoms with van der Waals surface area (Å²) < 4.78 is 2.07. The first-order chi connectivity index (χ1) is 9.72. The quantitative estimate of drug-likeness (QED) is 0.849. The Bertz CT molecular complexity index is 546. The van der Waals surface area contributed by atoms with Crippen LogP contribution in [0.5, 0.6) is 0 Å². The molecule has 0 aromatic carbocycles. The van der Waals surface area contributed by atoms with Gasteiger partial charge < -0.3 is 0 Å². The van der Waals surface area contributed by atoms with E-state index in [1.165, 1.54) is 30.7 Å². The van der Waals surface area contributed by atoms with Crippen LogP contribution in [-0.2, 0) is 13.0 Å². The molecule has 2 aromatic heterocycles. The lowest BCUT2D eigenvalue weighted by Gasteiger charge is -2.24. The van der Waals surface area contributed by atoms with Gasteiger partial charge in [-0.25, -0.2) is 9.67 Å². The van der Waals surface area contributed by atoms with Crippen LogP contribution in [0.4, 0.5) is 0 Å². The molecule has 1 aliphatic heterocycles. The summed E-state index contributed by atoms with van der Waals surface area (Å²) >= 11 is 1.86. The van der Waals surface area contributed by atoms with E-state index in [9.17, 15) is 0 Å². The van der Waals surface area contributed by atoms with Crippen LogP contribution >= 0.6 is 11.3 Å². The molecule has 0 N–H and O–H groups in total. The summed E-state index contributed by atoms with van der Waals surface area (Å²) in [5.74, 6) is 1.92. The third-order valence-electron chi connectivity index (χ3n) is 4.07. The lowest BCUT2D eigenvalue weighted by atomic mass is 10.2. The lowest BCUT2D eigenvalue weighted by Crippen LogP contribution is -2.35. The second-order valence-electron chi connectivity index (χ2n) is 5.55. The maximum absolute atomic E-state index is 4.50. The molecule has 2 aromatic rings. The maximum Gasteiger partial charge on any atom is 0.147 e. The summed E-state index contributed by atoms with van der Waals surface area (Å²) in [5, 5.41) is 6.66. The Morgan fingerprint density at radius 3 is 3.00 bits per heavy atom. The zero-order valence-electron chi connectivity index (χ0n) is 12.2. The summed E-state index contributed by atoms with van der Waals surface area (Å²) in [4.78, 5) is 8.51. The second kappa shape index (κ2) is 6.06. The minimum atomic E-state index is 0.620. The highest BCUT2D eigenvalue weighted by molar-refractivity contribution is 7.09. The molecule has 1 atom stereocenters. The van der Waals surface area contributed by atoms with Crippen molar-refractivity contribution < 1.29 is 0 Å². The Hall–Kier alpha value is -1.20. The van der Waals surface area contributed by atoms with E-state index in [1.807, 2.05) is 25.2 Å². The molecule has 3 heterocycles. The van der Waals surface area contributed by atoms with Crippen molar-refractivity contribution >= 4 is 11.3 Å². The minimum absolute atomic E-state index is 0.620. The molecule has 0 bridgehead atoms. The molecule has 1 saturated heterocycles. The Labute approximate surface area is 124 Å². The molecular weight excluding hydrogens is 268 g/mol. The van der Waals surface area contributed by atoms with E-state index in [0.717, 1.165) is 24.7 Å². The summed E-state index contributed by atoms with van der Waals surface area (Å²) in [5.41, 5.74) is 0. The maximum atomic E-state index is 4.50. The number of rotatable bonds is 5. The van der Waals surface area contributed by atoms with Gasteiger partial charge in [0.2, 0.25) is 0 Å². The van der Waals surface area contributed by atoms with Crippen LogP contribution in [0.1, 0.15) is 29.4 Å². The van der Waals surface area contributed by atoms with Crippen molar-refractivity contribution in [2.45, 2.75) is 45.7 Å². The van der Waals surface area contributed by atoms with E-state index in [2.05, 4.69) is 37.2 Å². The van der Waals surface area contributed by atoms with Gasteiger partial charge in [0.25, 0.3) is 0 Å². The number of nitrogens with zero attached hydrogens (tertiary/aromatic N) is 4. The number of thiophene rings is 1. The van der Waals surface area contributed by atoms with Crippen LogP contribution in [0.2, 0.25) is 0 Å². The van der Waals surface area contributed by atoms with Crippen molar-refractivity contribution in [2.75, 3.05) is 13.1 Å². The molecule has 0 saturated carbocycles. The predicted octanol–water partition coefficient (Wildman–Crippen LogP) is 2.66. The van der Waals surface area contributed by atoms with Crippen LogP contribution in [0.15, 0.2) is 17.5 Å². The predicted molar refractivity (Wildman–Crippen MR) is 82.1 cm³/mol. The molecule has 5 heteroatoms. The van der Waals surface area contributed by atoms with Crippen LogP contribution in [0.3, 0.4) is 0 Å². The van der Waals surface area contributed by atoms with Crippen LogP contribution in [0, 0.1) is 13.8 Å². The third-order valence-corrected chi connectivity index (χ3v) is 5.01. The van der Waals surface area contributed by atoms with Crippen LogP contribution in [0.25, 0.3) is 0 Å². The summed E-state index contributed by atoms with van der Waals surface area (Å²) in [6.45, 7) is 7.38. The first-order valence-corrected chi connectivity index (χ1v) is 8.25. The average Bonchev–Trinajstić information content (AvgIpc) is 3.11. The van der Waals surface area contributed by atoms with E-state index >= 15 is 0 Å². The normalized spacial score (nSPS) is 19.8. The molecule has 1 fully saturated rings. The zero-order chi connectivity index (χ0) is 13.9. The number of hydrogen-bond acceptors (Lipinski definition) is 4. The summed E-state index contributed by atoms with van der Waals surface area (Å²) in [6, 6.07) is 5.00. The third kappa shape index (κ3) is 3.10. The van der Waals surface area contributed by atoms with Crippen LogP contribution in [-0.4, -0.2) is 38.8 Å². The van der Waals surface area contributed by atoms with E-state index in [0.29, 0.717) is 6.04 Å². The molecule has 0 amide bonds. The van der Waals surface area contributed by atoms with Crippen molar-refractivity contribution in [1.29, 1.82) is 0 Å². The van der Waals surface area contributed by atoms with E-state index < -0.39 is 0 Å². The monoisotopic (exact) mass is 290 g/mol.